The van der Waals surface area contributed by atoms with Gasteiger partial charge in [0.25, 0.3) is 0 Å². The Morgan fingerprint density at radius 3 is 2.48 bits per heavy atom. The molecule has 3 N–H and O–H groups in total. The number of hydrogen-bond acceptors (Lipinski definition) is 3. The number of amides is 3. The Hall–Kier alpha value is -2.24. The number of carbonyl (C=O) groups excluding carboxylic acids is 2. The molecule has 3 amide bonds. The molecule has 0 spiro atoms. The van der Waals surface area contributed by atoms with Crippen LogP contribution in [-0.2, 0) is 4.79 Å². The van der Waals surface area contributed by atoms with Gasteiger partial charge in [-0.25, -0.2) is 4.79 Å². The Morgan fingerprint density at radius 2 is 1.90 bits per heavy atom. The fraction of sp³-hybridized carbons (Fsp3) is 0.467. The van der Waals surface area contributed by atoms with Crippen molar-refractivity contribution < 1.29 is 9.59 Å². The fourth-order valence-corrected chi connectivity index (χ4v) is 2.65. The summed E-state index contributed by atoms with van der Waals surface area (Å²) in [6, 6.07) is 10.0. The topological polar surface area (TPSA) is 78.7 Å². The van der Waals surface area contributed by atoms with Gasteiger partial charge in [-0.15, -0.1) is 0 Å². The minimum atomic E-state index is -0.665. The van der Waals surface area contributed by atoms with E-state index in [1.54, 1.807) is 4.90 Å². The van der Waals surface area contributed by atoms with Gasteiger partial charge < -0.3 is 20.9 Å². The van der Waals surface area contributed by atoms with Crippen LogP contribution in [0.2, 0.25) is 0 Å². The van der Waals surface area contributed by atoms with Gasteiger partial charge in [0, 0.05) is 31.9 Å². The van der Waals surface area contributed by atoms with Gasteiger partial charge in [-0.1, -0.05) is 18.2 Å². The van der Waals surface area contributed by atoms with Crippen LogP contribution in [0.15, 0.2) is 30.3 Å². The van der Waals surface area contributed by atoms with Crippen molar-refractivity contribution in [3.05, 3.63) is 30.3 Å². The van der Waals surface area contributed by atoms with Crippen molar-refractivity contribution in [3.8, 4) is 0 Å². The molecule has 1 aliphatic rings. The number of likely N-dealkylation sites (tertiary alicyclic amines) is 1. The first-order chi connectivity index (χ1) is 10.1. The lowest BCUT2D eigenvalue weighted by molar-refractivity contribution is -0.131. The second-order valence-electron chi connectivity index (χ2n) is 5.28. The molecule has 0 saturated carbocycles. The third-order valence-corrected chi connectivity index (χ3v) is 3.94. The summed E-state index contributed by atoms with van der Waals surface area (Å²) in [6.07, 6.45) is 1.85. The van der Waals surface area contributed by atoms with Crippen molar-refractivity contribution in [1.29, 1.82) is 0 Å². The molecule has 0 unspecified atom stereocenters. The van der Waals surface area contributed by atoms with Gasteiger partial charge in [0.2, 0.25) is 5.91 Å². The van der Waals surface area contributed by atoms with E-state index in [1.807, 2.05) is 18.2 Å². The summed E-state index contributed by atoms with van der Waals surface area (Å²) >= 11 is 0. The van der Waals surface area contributed by atoms with Crippen LogP contribution in [0, 0.1) is 0 Å². The number of nitrogens with zero attached hydrogens (tertiary/aromatic N) is 2. The van der Waals surface area contributed by atoms with Crippen molar-refractivity contribution >= 4 is 17.6 Å². The molecule has 6 heteroatoms. The van der Waals surface area contributed by atoms with E-state index in [9.17, 15) is 9.59 Å². The average Bonchev–Trinajstić information content (AvgIpc) is 2.53. The zero-order valence-electron chi connectivity index (χ0n) is 12.3. The highest BCUT2D eigenvalue weighted by atomic mass is 16.2. The lowest BCUT2D eigenvalue weighted by atomic mass is 10.0. The van der Waals surface area contributed by atoms with Gasteiger partial charge in [-0.3, -0.25) is 4.79 Å². The largest absolute Gasteiger partial charge is 0.371 e. The monoisotopic (exact) mass is 290 g/mol. The summed E-state index contributed by atoms with van der Waals surface area (Å²) in [7, 11) is 2.09. The molecule has 1 heterocycles. The zero-order valence-corrected chi connectivity index (χ0v) is 12.3. The van der Waals surface area contributed by atoms with Crippen LogP contribution in [0.25, 0.3) is 0 Å². The standard InChI is InChI=1S/C15H22N4O2/c1-18(12-5-3-2-4-6-12)13-7-9-19(10-8-13)14(20)11-17-15(16)21/h2-6,13H,7-11H2,1H3,(H3,16,17,21). The molecule has 1 aromatic carbocycles. The number of piperidine rings is 1. The highest BCUT2D eigenvalue weighted by Gasteiger charge is 2.25. The number of nitrogens with two attached hydrogens (primary N) is 1. The second kappa shape index (κ2) is 6.97. The van der Waals surface area contributed by atoms with Gasteiger partial charge in [0.1, 0.15) is 0 Å². The molecule has 21 heavy (non-hydrogen) atoms. The number of benzene rings is 1. The van der Waals surface area contributed by atoms with Crippen LogP contribution >= 0.6 is 0 Å². The van der Waals surface area contributed by atoms with E-state index in [1.165, 1.54) is 5.69 Å². The third kappa shape index (κ3) is 4.11. The molecule has 1 fully saturated rings. The fourth-order valence-electron chi connectivity index (χ4n) is 2.65. The van der Waals surface area contributed by atoms with Crippen LogP contribution in [0.1, 0.15) is 12.8 Å². The van der Waals surface area contributed by atoms with E-state index in [4.69, 9.17) is 5.73 Å². The lowest BCUT2D eigenvalue weighted by Crippen LogP contribution is -2.48. The third-order valence-electron chi connectivity index (χ3n) is 3.94. The van der Waals surface area contributed by atoms with Gasteiger partial charge in [0.15, 0.2) is 0 Å². The summed E-state index contributed by atoms with van der Waals surface area (Å²) in [4.78, 5) is 26.6. The Balaban J connectivity index is 1.83. The summed E-state index contributed by atoms with van der Waals surface area (Å²) in [5, 5.41) is 2.34. The summed E-state index contributed by atoms with van der Waals surface area (Å²) in [5.74, 6) is -0.0744. The molecule has 114 valence electrons. The maximum Gasteiger partial charge on any atom is 0.312 e. The number of para-hydroxylation sites is 1. The van der Waals surface area contributed by atoms with E-state index in [2.05, 4.69) is 29.4 Å². The van der Waals surface area contributed by atoms with Crippen LogP contribution in [-0.4, -0.2) is 49.6 Å². The molecule has 0 bridgehead atoms. The smallest absolute Gasteiger partial charge is 0.312 e. The molecule has 0 aromatic heterocycles. The van der Waals surface area contributed by atoms with Crippen LogP contribution in [0.5, 0.6) is 0 Å². The van der Waals surface area contributed by atoms with E-state index >= 15 is 0 Å². The number of carbonyl (C=O) groups is 2. The SMILES string of the molecule is CN(c1ccccc1)C1CCN(C(=O)CNC(N)=O)CC1. The number of primary amides is 1. The van der Waals surface area contributed by atoms with E-state index < -0.39 is 6.03 Å². The first kappa shape index (κ1) is 15.2. The number of nitrogens with one attached hydrogen (secondary N) is 1. The van der Waals surface area contributed by atoms with E-state index in [0.717, 1.165) is 12.8 Å². The van der Waals surface area contributed by atoms with Crippen molar-refractivity contribution in [2.24, 2.45) is 5.73 Å². The minimum absolute atomic E-state index is 0.0193. The maximum absolute atomic E-state index is 11.9. The van der Waals surface area contributed by atoms with Gasteiger partial charge in [-0.2, -0.15) is 0 Å². The maximum atomic E-state index is 11.9. The first-order valence-electron chi connectivity index (χ1n) is 7.17. The van der Waals surface area contributed by atoms with Gasteiger partial charge in [0.05, 0.1) is 6.54 Å². The molecular weight excluding hydrogens is 268 g/mol. The number of rotatable bonds is 4. The number of urea groups is 1. The summed E-state index contributed by atoms with van der Waals surface area (Å²) in [6.45, 7) is 1.40. The number of hydrogen-bond donors (Lipinski definition) is 2. The van der Waals surface area contributed by atoms with Crippen LogP contribution < -0.4 is 16.0 Å². The van der Waals surface area contributed by atoms with Gasteiger partial charge in [-0.05, 0) is 25.0 Å². The first-order valence-corrected chi connectivity index (χ1v) is 7.17. The normalized spacial score (nSPS) is 15.6. The molecule has 0 aliphatic carbocycles. The molecule has 1 aliphatic heterocycles. The molecule has 1 aromatic rings. The Morgan fingerprint density at radius 1 is 1.29 bits per heavy atom. The molecule has 6 nitrogen and oxygen atoms in total. The quantitative estimate of drug-likeness (QED) is 0.860. The minimum Gasteiger partial charge on any atom is -0.371 e. The van der Waals surface area contributed by atoms with Crippen molar-refractivity contribution in [2.45, 2.75) is 18.9 Å². The zero-order chi connectivity index (χ0) is 15.2. The Labute approximate surface area is 124 Å². The number of anilines is 1. The van der Waals surface area contributed by atoms with Crippen LogP contribution in [0.4, 0.5) is 10.5 Å². The van der Waals surface area contributed by atoms with Gasteiger partial charge >= 0.3 is 6.03 Å². The summed E-state index contributed by atoms with van der Waals surface area (Å²) in [5.41, 5.74) is 6.16. The van der Waals surface area contributed by atoms with Crippen molar-refractivity contribution in [2.75, 3.05) is 31.6 Å². The van der Waals surface area contributed by atoms with E-state index in [-0.39, 0.29) is 12.5 Å². The average molecular weight is 290 g/mol. The predicted molar refractivity (Wildman–Crippen MR) is 82.0 cm³/mol. The summed E-state index contributed by atoms with van der Waals surface area (Å²) < 4.78 is 0. The second-order valence-corrected chi connectivity index (χ2v) is 5.28. The molecular formula is C15H22N4O2. The Kier molecular flexibility index (Phi) is 5.03. The van der Waals surface area contributed by atoms with Crippen LogP contribution in [0.3, 0.4) is 0 Å². The van der Waals surface area contributed by atoms with Crippen molar-refractivity contribution in [1.82, 2.24) is 10.2 Å². The van der Waals surface area contributed by atoms with E-state index in [0.29, 0.717) is 19.1 Å². The highest BCUT2D eigenvalue weighted by molar-refractivity contribution is 5.83. The predicted octanol–water partition coefficient (Wildman–Crippen LogP) is 0.782. The molecule has 0 atom stereocenters. The Bertz CT molecular complexity index is 484. The molecule has 2 rings (SSSR count). The highest BCUT2D eigenvalue weighted by Crippen LogP contribution is 2.21. The molecule has 1 saturated heterocycles. The molecule has 0 radical (unpaired) electrons. The lowest BCUT2D eigenvalue weighted by Gasteiger charge is -2.37. The van der Waals surface area contributed by atoms with Crippen molar-refractivity contribution in [3.63, 3.8) is 0 Å².